The second kappa shape index (κ2) is 6.37. The zero-order valence-electron chi connectivity index (χ0n) is 10.00. The molecule has 0 fully saturated rings. The minimum Gasteiger partial charge on any atom is -0.330 e. The van der Waals surface area contributed by atoms with E-state index in [4.69, 9.17) is 17.3 Å². The maximum Gasteiger partial charge on any atom is 0.140 e. The highest BCUT2D eigenvalue weighted by atomic mass is 35.5. The first kappa shape index (κ1) is 14.3. The van der Waals surface area contributed by atoms with Gasteiger partial charge in [-0.05, 0) is 36.7 Å². The fraction of sp³-hybridized carbons (Fsp3) is 0.143. The highest BCUT2D eigenvalue weighted by Crippen LogP contribution is 2.37. The summed E-state index contributed by atoms with van der Waals surface area (Å²) in [5.41, 5.74) is 6.51. The normalized spacial score (nSPS) is 10.7. The van der Waals surface area contributed by atoms with Crippen LogP contribution in [0.2, 0.25) is 5.02 Å². The van der Waals surface area contributed by atoms with Gasteiger partial charge in [0.2, 0.25) is 0 Å². The van der Waals surface area contributed by atoms with Crippen LogP contribution in [0.15, 0.2) is 46.2 Å². The van der Waals surface area contributed by atoms with E-state index in [0.717, 1.165) is 16.5 Å². The van der Waals surface area contributed by atoms with Crippen molar-refractivity contribution in [2.45, 2.75) is 16.2 Å². The first-order valence-electron chi connectivity index (χ1n) is 5.72. The highest BCUT2D eigenvalue weighted by molar-refractivity contribution is 7.99. The second-order valence-corrected chi connectivity index (χ2v) is 5.40. The van der Waals surface area contributed by atoms with E-state index < -0.39 is 11.6 Å². The lowest BCUT2D eigenvalue weighted by molar-refractivity contribution is 0.565. The summed E-state index contributed by atoms with van der Waals surface area (Å²) >= 11 is 7.33. The molecule has 0 saturated carbocycles. The Kier molecular flexibility index (Phi) is 4.80. The molecule has 19 heavy (non-hydrogen) atoms. The third kappa shape index (κ3) is 3.47. The van der Waals surface area contributed by atoms with E-state index in [-0.39, 0.29) is 0 Å². The lowest BCUT2D eigenvalue weighted by atomic mass is 10.1. The predicted octanol–water partition coefficient (Wildman–Crippen LogP) is 4.27. The molecule has 0 unspecified atom stereocenters. The van der Waals surface area contributed by atoms with Crippen LogP contribution < -0.4 is 5.73 Å². The first-order valence-corrected chi connectivity index (χ1v) is 6.91. The number of benzene rings is 2. The van der Waals surface area contributed by atoms with Gasteiger partial charge in [0, 0.05) is 15.9 Å². The summed E-state index contributed by atoms with van der Waals surface area (Å²) in [6.07, 6.45) is 0.658. The molecule has 0 spiro atoms. The van der Waals surface area contributed by atoms with Crippen molar-refractivity contribution in [1.29, 1.82) is 0 Å². The number of halogens is 3. The monoisotopic (exact) mass is 299 g/mol. The molecule has 2 aromatic carbocycles. The van der Waals surface area contributed by atoms with E-state index in [1.165, 1.54) is 23.9 Å². The van der Waals surface area contributed by atoms with Gasteiger partial charge in [0.05, 0.1) is 5.02 Å². The van der Waals surface area contributed by atoms with Crippen LogP contribution >= 0.6 is 23.4 Å². The van der Waals surface area contributed by atoms with Gasteiger partial charge in [0.1, 0.15) is 11.6 Å². The highest BCUT2D eigenvalue weighted by Gasteiger charge is 2.12. The van der Waals surface area contributed by atoms with Gasteiger partial charge >= 0.3 is 0 Å². The van der Waals surface area contributed by atoms with E-state index in [9.17, 15) is 8.78 Å². The fourth-order valence-electron chi connectivity index (χ4n) is 1.69. The van der Waals surface area contributed by atoms with Crippen molar-refractivity contribution in [2.75, 3.05) is 6.54 Å². The van der Waals surface area contributed by atoms with Crippen molar-refractivity contribution in [1.82, 2.24) is 0 Å². The minimum atomic E-state index is -0.594. The number of rotatable bonds is 4. The number of nitrogens with two attached hydrogens (primary N) is 1. The van der Waals surface area contributed by atoms with Crippen LogP contribution in [0.1, 0.15) is 5.56 Å². The molecular weight excluding hydrogens is 288 g/mol. The van der Waals surface area contributed by atoms with Crippen LogP contribution in [-0.4, -0.2) is 6.54 Å². The van der Waals surface area contributed by atoms with Gasteiger partial charge in [-0.25, -0.2) is 8.78 Å². The summed E-state index contributed by atoms with van der Waals surface area (Å²) < 4.78 is 26.5. The smallest absolute Gasteiger partial charge is 0.140 e. The Labute approximate surface area is 119 Å². The Balaban J connectivity index is 2.37. The molecule has 0 atom stereocenters. The molecule has 0 saturated heterocycles. The van der Waals surface area contributed by atoms with Crippen molar-refractivity contribution in [2.24, 2.45) is 5.73 Å². The van der Waals surface area contributed by atoms with E-state index in [0.29, 0.717) is 22.9 Å². The van der Waals surface area contributed by atoms with Crippen molar-refractivity contribution in [3.8, 4) is 0 Å². The lowest BCUT2D eigenvalue weighted by Gasteiger charge is -2.11. The molecule has 100 valence electrons. The lowest BCUT2D eigenvalue weighted by Crippen LogP contribution is -2.03. The summed E-state index contributed by atoms with van der Waals surface area (Å²) in [7, 11) is 0. The third-order valence-corrected chi connectivity index (χ3v) is 4.23. The van der Waals surface area contributed by atoms with E-state index in [1.54, 1.807) is 6.07 Å². The van der Waals surface area contributed by atoms with Gasteiger partial charge in [-0.3, -0.25) is 0 Å². The maximum absolute atomic E-state index is 13.7. The van der Waals surface area contributed by atoms with Gasteiger partial charge in [0.25, 0.3) is 0 Å². The molecule has 0 aliphatic heterocycles. The van der Waals surface area contributed by atoms with E-state index in [1.807, 2.05) is 12.1 Å². The largest absolute Gasteiger partial charge is 0.330 e. The number of hydrogen-bond donors (Lipinski definition) is 1. The van der Waals surface area contributed by atoms with Crippen LogP contribution in [-0.2, 0) is 6.42 Å². The molecular formula is C14H12ClF2NS. The van der Waals surface area contributed by atoms with E-state index >= 15 is 0 Å². The van der Waals surface area contributed by atoms with Gasteiger partial charge < -0.3 is 5.73 Å². The molecule has 0 aliphatic carbocycles. The first-order chi connectivity index (χ1) is 9.11. The van der Waals surface area contributed by atoms with Crippen molar-refractivity contribution in [3.63, 3.8) is 0 Å². The molecule has 0 radical (unpaired) electrons. The topological polar surface area (TPSA) is 26.0 Å². The second-order valence-electron chi connectivity index (χ2n) is 3.94. The van der Waals surface area contributed by atoms with Crippen LogP contribution in [0.25, 0.3) is 0 Å². The van der Waals surface area contributed by atoms with Crippen molar-refractivity contribution >= 4 is 23.4 Å². The Hall–Kier alpha value is -1.10. The molecule has 0 bridgehead atoms. The molecule has 0 heterocycles. The molecule has 0 aliphatic rings. The average Bonchev–Trinajstić information content (AvgIpc) is 2.36. The van der Waals surface area contributed by atoms with Gasteiger partial charge in [-0.2, -0.15) is 0 Å². The van der Waals surface area contributed by atoms with Gasteiger partial charge in [-0.15, -0.1) is 0 Å². The third-order valence-electron chi connectivity index (χ3n) is 2.57. The maximum atomic E-state index is 13.7. The Bertz CT molecular complexity index is 590. The Morgan fingerprint density at radius 2 is 1.95 bits per heavy atom. The van der Waals surface area contributed by atoms with Gasteiger partial charge in [0.15, 0.2) is 0 Å². The molecule has 2 rings (SSSR count). The Morgan fingerprint density at radius 3 is 2.63 bits per heavy atom. The van der Waals surface area contributed by atoms with Crippen LogP contribution in [0.5, 0.6) is 0 Å². The summed E-state index contributed by atoms with van der Waals surface area (Å²) in [5, 5.41) is 0.541. The predicted molar refractivity (Wildman–Crippen MR) is 74.7 cm³/mol. The van der Waals surface area contributed by atoms with Crippen molar-refractivity contribution < 1.29 is 8.78 Å². The molecule has 2 aromatic rings. The van der Waals surface area contributed by atoms with Crippen LogP contribution in [0.4, 0.5) is 8.78 Å². The Morgan fingerprint density at radius 1 is 1.16 bits per heavy atom. The molecule has 0 aromatic heterocycles. The fourth-order valence-corrected chi connectivity index (χ4v) is 2.98. The van der Waals surface area contributed by atoms with Crippen molar-refractivity contribution in [3.05, 3.63) is 58.6 Å². The average molecular weight is 300 g/mol. The summed E-state index contributed by atoms with van der Waals surface area (Å²) in [6, 6.07) is 8.98. The van der Waals surface area contributed by atoms with Crippen LogP contribution in [0, 0.1) is 11.6 Å². The van der Waals surface area contributed by atoms with Crippen LogP contribution in [0.3, 0.4) is 0 Å². The quantitative estimate of drug-likeness (QED) is 0.912. The SMILES string of the molecule is NCCc1cccc(Cl)c1Sc1ccc(F)cc1F. The molecule has 5 heteroatoms. The summed E-state index contributed by atoms with van der Waals surface area (Å²) in [6.45, 7) is 0.486. The zero-order valence-corrected chi connectivity index (χ0v) is 11.6. The summed E-state index contributed by atoms with van der Waals surface area (Å²) in [4.78, 5) is 1.10. The number of hydrogen-bond acceptors (Lipinski definition) is 2. The van der Waals surface area contributed by atoms with Gasteiger partial charge in [-0.1, -0.05) is 35.5 Å². The standard InChI is InChI=1S/C14H12ClF2NS/c15-11-3-1-2-9(6-7-18)14(11)19-13-5-4-10(16)8-12(13)17/h1-5,8H,6-7,18H2. The summed E-state index contributed by atoms with van der Waals surface area (Å²) in [5.74, 6) is -1.19. The molecule has 1 nitrogen and oxygen atoms in total. The van der Waals surface area contributed by atoms with E-state index in [2.05, 4.69) is 0 Å². The molecule has 2 N–H and O–H groups in total. The minimum absolute atomic E-state index is 0.341. The zero-order chi connectivity index (χ0) is 13.8. The molecule has 0 amide bonds.